The normalized spacial score (nSPS) is 11.0. The number of para-hydroxylation sites is 1. The molecule has 0 aliphatic rings. The van der Waals surface area contributed by atoms with Gasteiger partial charge in [-0.1, -0.05) is 84.9 Å². The molecule has 0 bridgehead atoms. The Hall–Kier alpha value is -4.05. The molecule has 3 aromatic carbocycles. The average Bonchev–Trinajstić information content (AvgIpc) is 3.19. The van der Waals surface area contributed by atoms with Crippen LogP contribution in [0.3, 0.4) is 0 Å². The van der Waals surface area contributed by atoms with Gasteiger partial charge in [-0.25, -0.2) is 4.52 Å². The lowest BCUT2D eigenvalue weighted by Gasteiger charge is -2.04. The topological polar surface area (TPSA) is 51.4 Å². The molecule has 0 spiro atoms. The van der Waals surface area contributed by atoms with Crippen molar-refractivity contribution in [2.45, 2.75) is 0 Å². The standard InChI is InChI=1S/C25H16N2O2/c28-24(18-10-3-1-4-11-18)22-21-16-15-17-9-7-8-14-20(17)27(21)26-23(22)25(29)19-12-5-2-6-13-19/h1-16H. The molecule has 0 unspecified atom stereocenters. The fourth-order valence-electron chi connectivity index (χ4n) is 3.60. The zero-order valence-corrected chi connectivity index (χ0v) is 15.4. The summed E-state index contributed by atoms with van der Waals surface area (Å²) in [6.45, 7) is 0. The van der Waals surface area contributed by atoms with Crippen molar-refractivity contribution in [1.29, 1.82) is 0 Å². The zero-order chi connectivity index (χ0) is 19.8. The Morgan fingerprint density at radius 2 is 1.17 bits per heavy atom. The molecule has 0 N–H and O–H groups in total. The molecule has 4 nitrogen and oxygen atoms in total. The molecule has 5 rings (SSSR count). The fraction of sp³-hybridized carbons (Fsp3) is 0. The van der Waals surface area contributed by atoms with E-state index in [9.17, 15) is 9.59 Å². The molecule has 0 fully saturated rings. The molecular weight excluding hydrogens is 360 g/mol. The Balaban J connectivity index is 1.82. The van der Waals surface area contributed by atoms with Crippen LogP contribution < -0.4 is 0 Å². The van der Waals surface area contributed by atoms with Crippen LogP contribution in [-0.4, -0.2) is 21.2 Å². The fourth-order valence-corrected chi connectivity index (χ4v) is 3.60. The van der Waals surface area contributed by atoms with Gasteiger partial charge in [0.1, 0.15) is 5.69 Å². The molecule has 2 heterocycles. The van der Waals surface area contributed by atoms with E-state index in [1.165, 1.54) is 0 Å². The summed E-state index contributed by atoms with van der Waals surface area (Å²) < 4.78 is 1.70. The maximum absolute atomic E-state index is 13.4. The quantitative estimate of drug-likeness (QED) is 0.417. The largest absolute Gasteiger partial charge is 0.288 e. The van der Waals surface area contributed by atoms with Crippen LogP contribution in [0.4, 0.5) is 0 Å². The van der Waals surface area contributed by atoms with E-state index >= 15 is 0 Å². The molecule has 0 radical (unpaired) electrons. The molecule has 0 saturated heterocycles. The number of hydrogen-bond donors (Lipinski definition) is 0. The van der Waals surface area contributed by atoms with E-state index in [-0.39, 0.29) is 17.3 Å². The van der Waals surface area contributed by atoms with Crippen molar-refractivity contribution in [3.8, 4) is 0 Å². The Morgan fingerprint density at radius 3 is 1.86 bits per heavy atom. The van der Waals surface area contributed by atoms with Crippen LogP contribution in [0.25, 0.3) is 16.4 Å². The molecule has 2 aromatic heterocycles. The van der Waals surface area contributed by atoms with Gasteiger partial charge in [0.25, 0.3) is 0 Å². The lowest BCUT2D eigenvalue weighted by molar-refractivity contribution is 0.100. The number of hydrogen-bond acceptors (Lipinski definition) is 3. The first-order valence-corrected chi connectivity index (χ1v) is 9.34. The van der Waals surface area contributed by atoms with E-state index < -0.39 is 0 Å². The highest BCUT2D eigenvalue weighted by Crippen LogP contribution is 2.26. The van der Waals surface area contributed by atoms with E-state index in [2.05, 4.69) is 5.10 Å². The zero-order valence-electron chi connectivity index (χ0n) is 15.4. The Kier molecular flexibility index (Phi) is 4.03. The highest BCUT2D eigenvalue weighted by Gasteiger charge is 2.26. The van der Waals surface area contributed by atoms with Gasteiger partial charge in [0, 0.05) is 16.5 Å². The van der Waals surface area contributed by atoms with Gasteiger partial charge in [-0.2, -0.15) is 5.10 Å². The number of aromatic nitrogens is 2. The molecule has 0 amide bonds. The number of nitrogens with zero attached hydrogens (tertiary/aromatic N) is 2. The maximum Gasteiger partial charge on any atom is 0.214 e. The van der Waals surface area contributed by atoms with Crippen molar-refractivity contribution in [2.75, 3.05) is 0 Å². The van der Waals surface area contributed by atoms with Gasteiger partial charge in [0.15, 0.2) is 5.78 Å². The third kappa shape index (κ3) is 2.82. The van der Waals surface area contributed by atoms with E-state index in [1.54, 1.807) is 40.9 Å². The minimum absolute atomic E-state index is 0.168. The van der Waals surface area contributed by atoms with Gasteiger partial charge >= 0.3 is 0 Å². The number of ketones is 2. The Bertz CT molecular complexity index is 1370. The molecule has 138 valence electrons. The van der Waals surface area contributed by atoms with Crippen LogP contribution in [0.2, 0.25) is 0 Å². The summed E-state index contributed by atoms with van der Waals surface area (Å²) >= 11 is 0. The van der Waals surface area contributed by atoms with Crippen molar-refractivity contribution in [3.05, 3.63) is 119 Å². The first-order valence-electron chi connectivity index (χ1n) is 9.34. The van der Waals surface area contributed by atoms with Crippen LogP contribution in [0.1, 0.15) is 32.0 Å². The molecule has 0 aliphatic heterocycles. The third-order valence-corrected chi connectivity index (χ3v) is 5.02. The number of benzene rings is 3. The number of carbonyl (C=O) groups excluding carboxylic acids is 2. The predicted octanol–water partition coefficient (Wildman–Crippen LogP) is 4.95. The summed E-state index contributed by atoms with van der Waals surface area (Å²) in [5.74, 6) is -0.479. The highest BCUT2D eigenvalue weighted by molar-refractivity contribution is 6.22. The summed E-state index contributed by atoms with van der Waals surface area (Å²) in [6, 6.07) is 29.5. The lowest BCUT2D eigenvalue weighted by atomic mass is 9.97. The molecular formula is C25H16N2O2. The van der Waals surface area contributed by atoms with Crippen LogP contribution in [0.5, 0.6) is 0 Å². The van der Waals surface area contributed by atoms with Crippen molar-refractivity contribution in [3.63, 3.8) is 0 Å². The molecule has 0 saturated carbocycles. The molecule has 5 aromatic rings. The number of fused-ring (bicyclic) bond motifs is 3. The maximum atomic E-state index is 13.4. The third-order valence-electron chi connectivity index (χ3n) is 5.02. The summed E-state index contributed by atoms with van der Waals surface area (Å²) in [6.07, 6.45) is 0. The van der Waals surface area contributed by atoms with Crippen LogP contribution in [0, 0.1) is 0 Å². The monoisotopic (exact) mass is 376 g/mol. The van der Waals surface area contributed by atoms with Gasteiger partial charge in [-0.05, 0) is 12.1 Å². The van der Waals surface area contributed by atoms with Crippen LogP contribution in [0.15, 0.2) is 97.1 Å². The second-order valence-electron chi connectivity index (χ2n) is 6.80. The van der Waals surface area contributed by atoms with Gasteiger partial charge in [-0.15, -0.1) is 0 Å². The predicted molar refractivity (Wildman–Crippen MR) is 112 cm³/mol. The second-order valence-corrected chi connectivity index (χ2v) is 6.80. The summed E-state index contributed by atoms with van der Waals surface area (Å²) in [5, 5.41) is 5.60. The van der Waals surface area contributed by atoms with E-state index in [4.69, 9.17) is 0 Å². The molecule has 4 heteroatoms. The van der Waals surface area contributed by atoms with Gasteiger partial charge in [0.05, 0.1) is 16.6 Å². The first-order chi connectivity index (χ1) is 14.2. The number of pyridine rings is 1. The smallest absolute Gasteiger partial charge is 0.214 e. The summed E-state index contributed by atoms with van der Waals surface area (Å²) in [5.41, 5.74) is 2.99. The molecule has 0 aliphatic carbocycles. The van der Waals surface area contributed by atoms with Crippen molar-refractivity contribution >= 4 is 28.0 Å². The SMILES string of the molecule is O=C(c1ccccc1)c1nn2c(ccc3ccccc32)c1C(=O)c1ccccc1. The number of carbonyl (C=O) groups is 2. The van der Waals surface area contributed by atoms with E-state index in [0.717, 1.165) is 10.9 Å². The lowest BCUT2D eigenvalue weighted by Crippen LogP contribution is -2.10. The van der Waals surface area contributed by atoms with Gasteiger partial charge in [-0.3, -0.25) is 9.59 Å². The Labute approximate surface area is 167 Å². The van der Waals surface area contributed by atoms with Crippen LogP contribution in [-0.2, 0) is 0 Å². The van der Waals surface area contributed by atoms with Crippen molar-refractivity contribution in [2.24, 2.45) is 0 Å². The molecule has 29 heavy (non-hydrogen) atoms. The van der Waals surface area contributed by atoms with Crippen molar-refractivity contribution in [1.82, 2.24) is 9.61 Å². The first kappa shape index (κ1) is 17.1. The Morgan fingerprint density at radius 1 is 0.586 bits per heavy atom. The summed E-state index contributed by atoms with van der Waals surface area (Å²) in [7, 11) is 0. The molecule has 0 atom stereocenters. The van der Waals surface area contributed by atoms with Gasteiger partial charge < -0.3 is 0 Å². The minimum Gasteiger partial charge on any atom is -0.288 e. The van der Waals surface area contributed by atoms with E-state index in [0.29, 0.717) is 22.2 Å². The minimum atomic E-state index is -0.266. The van der Waals surface area contributed by atoms with Gasteiger partial charge in [0.2, 0.25) is 5.78 Å². The van der Waals surface area contributed by atoms with Crippen LogP contribution >= 0.6 is 0 Å². The van der Waals surface area contributed by atoms with E-state index in [1.807, 2.05) is 60.7 Å². The summed E-state index contributed by atoms with van der Waals surface area (Å²) in [4.78, 5) is 26.7. The average molecular weight is 376 g/mol. The second kappa shape index (κ2) is 6.84. The van der Waals surface area contributed by atoms with Crippen molar-refractivity contribution < 1.29 is 9.59 Å². The number of rotatable bonds is 4. The highest BCUT2D eigenvalue weighted by atomic mass is 16.1.